The van der Waals surface area contributed by atoms with E-state index in [1.54, 1.807) is 6.07 Å². The number of halogens is 4. The van der Waals surface area contributed by atoms with Gasteiger partial charge < -0.3 is 10.2 Å². The number of rotatable bonds is 4. The fraction of sp³-hybridized carbons (Fsp3) is 0.0526. The van der Waals surface area contributed by atoms with Gasteiger partial charge in [0.1, 0.15) is 11.5 Å². The first-order valence-corrected chi connectivity index (χ1v) is 10.8. The second kappa shape index (κ2) is 7.87. The zero-order chi connectivity index (χ0) is 21.6. The Hall–Kier alpha value is -1.67. The van der Waals surface area contributed by atoms with Crippen LogP contribution in [0.25, 0.3) is 0 Å². The Morgan fingerprint density at radius 2 is 1.34 bits per heavy atom. The minimum Gasteiger partial charge on any atom is -0.508 e. The highest BCUT2D eigenvalue weighted by molar-refractivity contribution is 7.87. The molecule has 0 saturated carbocycles. The van der Waals surface area contributed by atoms with Gasteiger partial charge in [0.2, 0.25) is 0 Å². The summed E-state index contributed by atoms with van der Waals surface area (Å²) < 4.78 is 34.0. The smallest absolute Gasteiger partial charge is 0.283 e. The van der Waals surface area contributed by atoms with Crippen LogP contribution in [-0.4, -0.2) is 23.2 Å². The third-order valence-corrected chi connectivity index (χ3v) is 7.01. The second-order valence-corrected chi connectivity index (χ2v) is 9.30. The van der Waals surface area contributed by atoms with Crippen LogP contribution in [-0.2, 0) is 14.9 Å². The van der Waals surface area contributed by atoms with Crippen LogP contribution in [0.15, 0.2) is 54.6 Å². The number of benzene rings is 3. The van der Waals surface area contributed by atoms with Gasteiger partial charge in [-0.3, -0.25) is 4.55 Å². The molecule has 152 valence electrons. The van der Waals surface area contributed by atoms with Crippen LogP contribution in [0.1, 0.15) is 16.7 Å². The monoisotopic (exact) mass is 492 g/mol. The molecule has 0 aliphatic carbocycles. The predicted molar refractivity (Wildman–Crippen MR) is 114 cm³/mol. The Bertz CT molecular complexity index is 1210. The van der Waals surface area contributed by atoms with Gasteiger partial charge in [0, 0.05) is 37.8 Å². The third-order valence-electron chi connectivity index (χ3n) is 4.39. The molecule has 3 aromatic carbocycles. The number of phenolic OH excluding ortho intramolecular Hbond substituents is 2. The lowest BCUT2D eigenvalue weighted by Crippen LogP contribution is -2.39. The molecule has 0 aliphatic heterocycles. The van der Waals surface area contributed by atoms with Gasteiger partial charge in [0.15, 0.2) is 4.75 Å². The maximum Gasteiger partial charge on any atom is 0.283 e. The van der Waals surface area contributed by atoms with Gasteiger partial charge >= 0.3 is 0 Å². The maximum absolute atomic E-state index is 13.0. The van der Waals surface area contributed by atoms with Crippen LogP contribution in [0, 0.1) is 0 Å². The number of hydrogen-bond acceptors (Lipinski definition) is 4. The summed E-state index contributed by atoms with van der Waals surface area (Å²) in [7, 11) is -5.11. The van der Waals surface area contributed by atoms with Gasteiger partial charge in [0.25, 0.3) is 10.1 Å². The summed E-state index contributed by atoms with van der Waals surface area (Å²) in [6.07, 6.45) is 0. The molecular formula is C19H12Cl4O5S. The molecule has 0 bridgehead atoms. The van der Waals surface area contributed by atoms with Gasteiger partial charge in [-0.05, 0) is 24.3 Å². The average molecular weight is 494 g/mol. The molecule has 0 aliphatic rings. The first-order chi connectivity index (χ1) is 13.5. The van der Waals surface area contributed by atoms with E-state index in [0.29, 0.717) is 0 Å². The van der Waals surface area contributed by atoms with Crippen molar-refractivity contribution in [2.45, 2.75) is 4.75 Å². The van der Waals surface area contributed by atoms with E-state index >= 15 is 0 Å². The van der Waals surface area contributed by atoms with Crippen LogP contribution < -0.4 is 0 Å². The van der Waals surface area contributed by atoms with Crippen molar-refractivity contribution in [3.63, 3.8) is 0 Å². The molecule has 1 unspecified atom stereocenters. The van der Waals surface area contributed by atoms with Crippen LogP contribution in [0.4, 0.5) is 0 Å². The quantitative estimate of drug-likeness (QED) is 0.311. The average Bonchev–Trinajstić information content (AvgIpc) is 2.61. The fourth-order valence-electron chi connectivity index (χ4n) is 3.21. The molecule has 10 heteroatoms. The lowest BCUT2D eigenvalue weighted by molar-refractivity contribution is 0.440. The number of hydrogen-bond donors (Lipinski definition) is 3. The van der Waals surface area contributed by atoms with Gasteiger partial charge in [-0.1, -0.05) is 70.7 Å². The summed E-state index contributed by atoms with van der Waals surface area (Å²) in [6.45, 7) is 0. The highest BCUT2D eigenvalue weighted by atomic mass is 35.5. The molecule has 0 heterocycles. The Labute approximate surface area is 186 Å². The number of aromatic hydroxyl groups is 2. The largest absolute Gasteiger partial charge is 0.508 e. The first kappa shape index (κ1) is 22.0. The Morgan fingerprint density at radius 3 is 1.93 bits per heavy atom. The van der Waals surface area contributed by atoms with Crippen molar-refractivity contribution >= 4 is 56.5 Å². The number of phenols is 2. The Morgan fingerprint density at radius 1 is 0.690 bits per heavy atom. The van der Waals surface area contributed by atoms with Crippen LogP contribution in [0.5, 0.6) is 11.5 Å². The van der Waals surface area contributed by atoms with Crippen molar-refractivity contribution in [3.05, 3.63) is 91.4 Å². The molecule has 1 atom stereocenters. The topological polar surface area (TPSA) is 94.8 Å². The second-order valence-electron chi connectivity index (χ2n) is 6.08. The van der Waals surface area contributed by atoms with Crippen molar-refractivity contribution in [1.29, 1.82) is 0 Å². The minimum atomic E-state index is -5.11. The Kier molecular flexibility index (Phi) is 5.98. The lowest BCUT2D eigenvalue weighted by atomic mass is 9.83. The van der Waals surface area contributed by atoms with E-state index in [2.05, 4.69) is 0 Å². The summed E-state index contributed by atoms with van der Waals surface area (Å²) in [5.74, 6) is -0.931. The highest BCUT2D eigenvalue weighted by Gasteiger charge is 2.52. The van der Waals surface area contributed by atoms with Crippen LogP contribution in [0.3, 0.4) is 0 Å². The van der Waals surface area contributed by atoms with Gasteiger partial charge in [-0.2, -0.15) is 8.42 Å². The van der Waals surface area contributed by atoms with Gasteiger partial charge in [-0.25, -0.2) is 0 Å². The third kappa shape index (κ3) is 3.65. The van der Waals surface area contributed by atoms with E-state index in [1.807, 2.05) is 0 Å². The molecule has 3 N–H and O–H groups in total. The van der Waals surface area contributed by atoms with E-state index < -0.39 is 26.4 Å². The summed E-state index contributed by atoms with van der Waals surface area (Å²) in [6, 6.07) is 11.6. The molecule has 29 heavy (non-hydrogen) atoms. The summed E-state index contributed by atoms with van der Waals surface area (Å²) in [5, 5.41) is 20.1. The van der Waals surface area contributed by atoms with E-state index in [4.69, 9.17) is 46.4 Å². The molecule has 5 nitrogen and oxygen atoms in total. The van der Waals surface area contributed by atoms with Gasteiger partial charge in [0.05, 0.1) is 5.02 Å². The molecule has 0 radical (unpaired) electrons. The van der Waals surface area contributed by atoms with Crippen molar-refractivity contribution in [2.24, 2.45) is 0 Å². The zero-order valence-electron chi connectivity index (χ0n) is 14.3. The predicted octanol–water partition coefficient (Wildman–Crippen LogP) is 5.89. The highest BCUT2D eigenvalue weighted by Crippen LogP contribution is 2.52. The van der Waals surface area contributed by atoms with Crippen molar-refractivity contribution in [2.75, 3.05) is 0 Å². The summed E-state index contributed by atoms with van der Waals surface area (Å²) in [4.78, 5) is 0. The Balaban J connectivity index is 2.63. The van der Waals surface area contributed by atoms with Crippen LogP contribution >= 0.6 is 46.4 Å². The molecule has 0 spiro atoms. The maximum atomic E-state index is 13.0. The SMILES string of the molecule is O=S(=O)(O)C(c1ccc(Cl)cc1O)(c1ccccc1Cl)c1cc(Cl)c(O)cc1Cl. The summed E-state index contributed by atoms with van der Waals surface area (Å²) in [5.41, 5.74) is -0.582. The molecule has 0 amide bonds. The van der Waals surface area contributed by atoms with Crippen molar-refractivity contribution in [1.82, 2.24) is 0 Å². The minimum absolute atomic E-state index is 0.0280. The molecule has 0 saturated heterocycles. The van der Waals surface area contributed by atoms with E-state index in [9.17, 15) is 23.2 Å². The fourth-order valence-corrected chi connectivity index (χ4v) is 5.58. The molecular weight excluding hydrogens is 482 g/mol. The first-order valence-electron chi connectivity index (χ1n) is 7.89. The molecule has 0 fully saturated rings. The molecule has 3 aromatic rings. The molecule has 3 rings (SSSR count). The van der Waals surface area contributed by atoms with Crippen molar-refractivity contribution < 1.29 is 23.2 Å². The van der Waals surface area contributed by atoms with E-state index in [-0.39, 0.29) is 36.8 Å². The standard InChI is InChI=1S/C19H12Cl4O5S/c20-10-5-6-12(17(24)7-10)19(29(26,27)28,11-3-1-2-4-14(11)21)13-8-16(23)18(25)9-15(13)22/h1-9,24-25H,(H,26,27,28). The lowest BCUT2D eigenvalue weighted by Gasteiger charge is -2.34. The molecule has 0 aromatic heterocycles. The van der Waals surface area contributed by atoms with Crippen molar-refractivity contribution in [3.8, 4) is 11.5 Å². The normalized spacial score (nSPS) is 13.8. The van der Waals surface area contributed by atoms with Gasteiger partial charge in [-0.15, -0.1) is 0 Å². The van der Waals surface area contributed by atoms with Crippen LogP contribution in [0.2, 0.25) is 20.1 Å². The zero-order valence-corrected chi connectivity index (χ0v) is 18.1. The summed E-state index contributed by atoms with van der Waals surface area (Å²) >= 11 is 24.5. The van der Waals surface area contributed by atoms with E-state index in [0.717, 1.165) is 18.2 Å². The van der Waals surface area contributed by atoms with E-state index in [1.165, 1.54) is 30.3 Å².